The van der Waals surface area contributed by atoms with Crippen LogP contribution in [-0.2, 0) is 5.41 Å². The summed E-state index contributed by atoms with van der Waals surface area (Å²) >= 11 is 1.90. The molecule has 4 fully saturated rings. The summed E-state index contributed by atoms with van der Waals surface area (Å²) in [4.78, 5) is 2.52. The average molecular weight is 636 g/mol. The Bertz CT molecular complexity index is 2340. The molecule has 2 heteroatoms. The lowest BCUT2D eigenvalue weighted by Crippen LogP contribution is -2.55. The first kappa shape index (κ1) is 27.3. The van der Waals surface area contributed by atoms with Crippen LogP contribution in [0.2, 0.25) is 0 Å². The molecular weight excluding hydrogens is 599 g/mol. The lowest BCUT2D eigenvalue weighted by Gasteiger charge is -2.61. The zero-order valence-electron chi connectivity index (χ0n) is 27.0. The van der Waals surface area contributed by atoms with E-state index in [2.05, 4.69) is 144 Å². The summed E-state index contributed by atoms with van der Waals surface area (Å²) in [5, 5.41) is 2.69. The van der Waals surface area contributed by atoms with Crippen molar-refractivity contribution in [2.24, 2.45) is 23.7 Å². The molecule has 1 spiro atoms. The molecule has 1 aromatic heterocycles. The van der Waals surface area contributed by atoms with Crippen molar-refractivity contribution in [2.75, 3.05) is 4.90 Å². The number of anilines is 3. The molecule has 0 radical (unpaired) electrons. The van der Waals surface area contributed by atoms with E-state index in [1.807, 2.05) is 11.3 Å². The van der Waals surface area contributed by atoms with E-state index in [1.54, 1.807) is 11.1 Å². The van der Waals surface area contributed by atoms with E-state index >= 15 is 0 Å². The zero-order chi connectivity index (χ0) is 31.4. The van der Waals surface area contributed by atoms with E-state index in [1.165, 1.54) is 91.6 Å². The van der Waals surface area contributed by atoms with E-state index in [-0.39, 0.29) is 5.41 Å². The fraction of sp³-hybridized carbons (Fsp3) is 0.217. The molecule has 6 aromatic carbocycles. The van der Waals surface area contributed by atoms with E-state index in [9.17, 15) is 0 Å². The summed E-state index contributed by atoms with van der Waals surface area (Å²) in [5.41, 5.74) is 12.5. The molecule has 0 atom stereocenters. The minimum Gasteiger partial charge on any atom is -0.310 e. The van der Waals surface area contributed by atoms with Gasteiger partial charge >= 0.3 is 0 Å². The summed E-state index contributed by atoms with van der Waals surface area (Å²) in [5.74, 6) is 3.37. The van der Waals surface area contributed by atoms with E-state index in [0.29, 0.717) is 0 Å². The summed E-state index contributed by atoms with van der Waals surface area (Å²) in [7, 11) is 0. The van der Waals surface area contributed by atoms with Crippen molar-refractivity contribution in [2.45, 2.75) is 37.5 Å². The van der Waals surface area contributed by atoms with Gasteiger partial charge in [0.2, 0.25) is 0 Å². The highest BCUT2D eigenvalue weighted by molar-refractivity contribution is 7.25. The van der Waals surface area contributed by atoms with Gasteiger partial charge in [0.15, 0.2) is 0 Å². The maximum atomic E-state index is 2.62. The van der Waals surface area contributed by atoms with Gasteiger partial charge in [-0.1, -0.05) is 97.1 Å². The fourth-order valence-electron chi connectivity index (χ4n) is 11.0. The third kappa shape index (κ3) is 3.78. The van der Waals surface area contributed by atoms with Gasteiger partial charge in [-0.3, -0.25) is 0 Å². The van der Waals surface area contributed by atoms with Gasteiger partial charge in [0, 0.05) is 42.6 Å². The molecule has 1 nitrogen and oxygen atoms in total. The smallest absolute Gasteiger partial charge is 0.0476 e. The van der Waals surface area contributed by atoms with Crippen molar-refractivity contribution in [1.82, 2.24) is 0 Å². The maximum absolute atomic E-state index is 2.62. The van der Waals surface area contributed by atoms with Crippen LogP contribution in [0.1, 0.15) is 43.2 Å². The molecule has 5 aliphatic carbocycles. The molecule has 0 saturated heterocycles. The van der Waals surface area contributed by atoms with Crippen molar-refractivity contribution >= 4 is 48.6 Å². The minimum absolute atomic E-state index is 0.146. The number of nitrogens with zero attached hydrogens (tertiary/aromatic N) is 1. The van der Waals surface area contributed by atoms with Crippen molar-refractivity contribution in [3.63, 3.8) is 0 Å². The molecule has 0 N–H and O–H groups in total. The largest absolute Gasteiger partial charge is 0.310 e. The van der Waals surface area contributed by atoms with Gasteiger partial charge in [0.05, 0.1) is 0 Å². The highest BCUT2D eigenvalue weighted by Gasteiger charge is 2.61. The van der Waals surface area contributed by atoms with E-state index in [0.717, 1.165) is 23.7 Å². The van der Waals surface area contributed by atoms with Crippen LogP contribution in [0.4, 0.5) is 17.1 Å². The molecule has 0 amide bonds. The Morgan fingerprint density at radius 1 is 0.458 bits per heavy atom. The third-order valence-electron chi connectivity index (χ3n) is 12.6. The van der Waals surface area contributed by atoms with Crippen LogP contribution in [0, 0.1) is 23.7 Å². The Morgan fingerprint density at radius 3 is 1.88 bits per heavy atom. The monoisotopic (exact) mass is 635 g/mol. The number of thiophene rings is 1. The van der Waals surface area contributed by atoms with E-state index in [4.69, 9.17) is 0 Å². The number of hydrogen-bond acceptors (Lipinski definition) is 2. The SMILES string of the molecule is c1ccc(-c2ccc(N(c3ccc4c(c3)C3(c5ccccc5-4)C4CC5CC(C4)CC3C5)c3ccc4c(c3)sc3ccccc34)cc2)cc1. The van der Waals surface area contributed by atoms with Gasteiger partial charge in [0.1, 0.15) is 0 Å². The fourth-order valence-corrected chi connectivity index (χ4v) is 12.2. The normalized spacial score (nSPS) is 24.8. The molecule has 12 rings (SSSR count). The maximum Gasteiger partial charge on any atom is 0.0476 e. The minimum atomic E-state index is 0.146. The first-order valence-electron chi connectivity index (χ1n) is 17.9. The van der Waals surface area contributed by atoms with Crippen molar-refractivity contribution in [3.8, 4) is 22.3 Å². The van der Waals surface area contributed by atoms with Gasteiger partial charge in [-0.2, -0.15) is 0 Å². The molecule has 4 saturated carbocycles. The first-order chi connectivity index (χ1) is 23.7. The van der Waals surface area contributed by atoms with Gasteiger partial charge in [-0.25, -0.2) is 0 Å². The van der Waals surface area contributed by atoms with Crippen LogP contribution in [-0.4, -0.2) is 0 Å². The molecule has 232 valence electrons. The summed E-state index contributed by atoms with van der Waals surface area (Å²) in [6, 6.07) is 52.8. The summed E-state index contributed by atoms with van der Waals surface area (Å²) in [6.07, 6.45) is 7.08. The Morgan fingerprint density at radius 2 is 1.06 bits per heavy atom. The van der Waals surface area contributed by atoms with Crippen molar-refractivity contribution in [3.05, 3.63) is 151 Å². The molecule has 1 heterocycles. The van der Waals surface area contributed by atoms with Crippen LogP contribution in [0.15, 0.2) is 140 Å². The zero-order valence-corrected chi connectivity index (χ0v) is 27.8. The van der Waals surface area contributed by atoms with Crippen molar-refractivity contribution < 1.29 is 0 Å². The van der Waals surface area contributed by atoms with Gasteiger partial charge in [0.25, 0.3) is 0 Å². The Balaban J connectivity index is 1.11. The average Bonchev–Trinajstić information content (AvgIpc) is 3.64. The Hall–Kier alpha value is -4.66. The number of hydrogen-bond donors (Lipinski definition) is 0. The summed E-state index contributed by atoms with van der Waals surface area (Å²) in [6.45, 7) is 0. The molecule has 5 aliphatic rings. The van der Waals surface area contributed by atoms with Gasteiger partial charge in [-0.15, -0.1) is 11.3 Å². The molecule has 7 aromatic rings. The summed E-state index contributed by atoms with van der Waals surface area (Å²) < 4.78 is 2.69. The molecule has 0 aliphatic heterocycles. The topological polar surface area (TPSA) is 3.24 Å². The highest BCUT2D eigenvalue weighted by atomic mass is 32.1. The molecule has 0 unspecified atom stereocenters. The Kier molecular flexibility index (Phi) is 5.79. The van der Waals surface area contributed by atoms with Crippen LogP contribution in [0.5, 0.6) is 0 Å². The van der Waals surface area contributed by atoms with Gasteiger partial charge < -0.3 is 4.90 Å². The van der Waals surface area contributed by atoms with Crippen molar-refractivity contribution in [1.29, 1.82) is 0 Å². The number of rotatable bonds is 4. The predicted octanol–water partition coefficient (Wildman–Crippen LogP) is 12.9. The lowest BCUT2D eigenvalue weighted by atomic mass is 9.43. The van der Waals surface area contributed by atoms with Gasteiger partial charge in [-0.05, 0) is 132 Å². The van der Waals surface area contributed by atoms with Crippen LogP contribution < -0.4 is 4.90 Å². The van der Waals surface area contributed by atoms with Crippen LogP contribution in [0.25, 0.3) is 42.4 Å². The van der Waals surface area contributed by atoms with Crippen LogP contribution in [0.3, 0.4) is 0 Å². The van der Waals surface area contributed by atoms with Crippen LogP contribution >= 0.6 is 11.3 Å². The lowest BCUT2D eigenvalue weighted by molar-refractivity contribution is -0.0399. The quantitative estimate of drug-likeness (QED) is 0.186. The first-order valence-corrected chi connectivity index (χ1v) is 18.7. The third-order valence-corrected chi connectivity index (χ3v) is 13.8. The standard InChI is InChI=1S/C46H37NS/c1-2-8-31(9-3-1)32-14-16-35(17-15-32)47(37-19-21-41-40-11-5-7-13-44(40)48-45(41)28-37)36-18-20-39-38-10-4-6-12-42(38)46(43(39)27-36)33-23-29-22-30(25-33)26-34(46)24-29/h1-21,27-30,33-34H,22-26H2. The number of fused-ring (bicyclic) bond motifs is 6. The number of benzene rings is 6. The highest BCUT2D eigenvalue weighted by Crippen LogP contribution is 2.69. The molecule has 4 bridgehead atoms. The molecular formula is C46H37NS. The molecule has 48 heavy (non-hydrogen) atoms. The van der Waals surface area contributed by atoms with E-state index < -0.39 is 0 Å². The predicted molar refractivity (Wildman–Crippen MR) is 203 cm³/mol. The second kappa shape index (κ2) is 10.2. The second-order valence-corrected chi connectivity index (χ2v) is 16.1. The second-order valence-electron chi connectivity index (χ2n) is 15.0. The Labute approximate surface area is 286 Å².